The summed E-state index contributed by atoms with van der Waals surface area (Å²) in [6.45, 7) is 2.10. The first-order valence-electron chi connectivity index (χ1n) is 6.75. The van der Waals surface area contributed by atoms with Crippen LogP contribution in [0.5, 0.6) is 0 Å². The molecule has 0 bridgehead atoms. The molecule has 3 nitrogen and oxygen atoms in total. The Balaban J connectivity index is 1.91. The number of nitrogens with two attached hydrogens (primary N) is 2. The van der Waals surface area contributed by atoms with Gasteiger partial charge in [0.2, 0.25) is 5.91 Å². The number of thioether (sulfide) groups is 1. The number of benzene rings is 1. The third-order valence-corrected chi connectivity index (χ3v) is 5.17. The third-order valence-electron chi connectivity index (χ3n) is 3.80. The standard InChI is InChI=1S/C15H22N2OS/c1-11-4-2-5-12(8-11)10-19-13-6-3-7-15(17,9-13)14(16)18/h2,4-5,8,13H,3,6-7,9-10,17H2,1H3,(H2,16,18). The molecule has 1 fully saturated rings. The van der Waals surface area contributed by atoms with Crippen molar-refractivity contribution in [3.05, 3.63) is 35.4 Å². The predicted molar refractivity (Wildman–Crippen MR) is 80.8 cm³/mol. The van der Waals surface area contributed by atoms with Gasteiger partial charge in [0.25, 0.3) is 0 Å². The average Bonchev–Trinajstić information content (AvgIpc) is 2.36. The lowest BCUT2D eigenvalue weighted by atomic mass is 9.82. The first-order valence-corrected chi connectivity index (χ1v) is 7.80. The van der Waals surface area contributed by atoms with Gasteiger partial charge in [-0.2, -0.15) is 11.8 Å². The molecule has 0 aromatic heterocycles. The molecule has 1 saturated carbocycles. The highest BCUT2D eigenvalue weighted by Crippen LogP contribution is 2.35. The van der Waals surface area contributed by atoms with Gasteiger partial charge in [-0.3, -0.25) is 4.79 Å². The summed E-state index contributed by atoms with van der Waals surface area (Å²) >= 11 is 1.89. The van der Waals surface area contributed by atoms with E-state index in [0.717, 1.165) is 25.0 Å². The van der Waals surface area contributed by atoms with Crippen LogP contribution in [0.2, 0.25) is 0 Å². The molecule has 1 aliphatic rings. The van der Waals surface area contributed by atoms with Gasteiger partial charge in [0, 0.05) is 11.0 Å². The summed E-state index contributed by atoms with van der Waals surface area (Å²) in [5, 5.41) is 0.437. The van der Waals surface area contributed by atoms with Crippen molar-refractivity contribution in [3.63, 3.8) is 0 Å². The number of primary amides is 1. The molecule has 1 aromatic carbocycles. The van der Waals surface area contributed by atoms with Gasteiger partial charge in [-0.15, -0.1) is 0 Å². The molecule has 19 heavy (non-hydrogen) atoms. The molecule has 4 heteroatoms. The number of carbonyl (C=O) groups excluding carboxylic acids is 1. The summed E-state index contributed by atoms with van der Waals surface area (Å²) in [6, 6.07) is 8.54. The molecule has 0 radical (unpaired) electrons. The van der Waals surface area contributed by atoms with E-state index in [-0.39, 0.29) is 5.91 Å². The monoisotopic (exact) mass is 278 g/mol. The molecule has 4 N–H and O–H groups in total. The van der Waals surface area contributed by atoms with Crippen LogP contribution in [0.25, 0.3) is 0 Å². The van der Waals surface area contributed by atoms with Crippen molar-refractivity contribution in [2.45, 2.75) is 49.1 Å². The average molecular weight is 278 g/mol. The first kappa shape index (κ1) is 14.4. The fraction of sp³-hybridized carbons (Fsp3) is 0.533. The number of rotatable bonds is 4. The maximum absolute atomic E-state index is 11.4. The Morgan fingerprint density at radius 2 is 2.32 bits per heavy atom. The highest BCUT2D eigenvalue weighted by atomic mass is 32.2. The molecule has 0 spiro atoms. The molecule has 2 rings (SSSR count). The van der Waals surface area contributed by atoms with Crippen LogP contribution in [-0.2, 0) is 10.5 Å². The maximum atomic E-state index is 11.4. The lowest BCUT2D eigenvalue weighted by molar-refractivity contribution is -0.124. The molecular weight excluding hydrogens is 256 g/mol. The van der Waals surface area contributed by atoms with Crippen LogP contribution < -0.4 is 11.5 Å². The fourth-order valence-corrected chi connectivity index (χ4v) is 3.99. The topological polar surface area (TPSA) is 69.1 Å². The molecule has 1 aliphatic carbocycles. The quantitative estimate of drug-likeness (QED) is 0.888. The second kappa shape index (κ2) is 5.97. The predicted octanol–water partition coefficient (Wildman–Crippen LogP) is 2.35. The molecule has 0 heterocycles. The molecule has 1 amide bonds. The third kappa shape index (κ3) is 3.74. The Morgan fingerprint density at radius 3 is 3.00 bits per heavy atom. The van der Waals surface area contributed by atoms with E-state index >= 15 is 0 Å². The zero-order valence-electron chi connectivity index (χ0n) is 11.4. The Labute approximate surface area is 119 Å². The van der Waals surface area contributed by atoms with Crippen LogP contribution in [0.15, 0.2) is 24.3 Å². The van der Waals surface area contributed by atoms with Crippen molar-refractivity contribution >= 4 is 17.7 Å². The zero-order valence-corrected chi connectivity index (χ0v) is 12.2. The van der Waals surface area contributed by atoms with Gasteiger partial charge in [-0.05, 0) is 38.2 Å². The van der Waals surface area contributed by atoms with E-state index in [1.54, 1.807) is 0 Å². The summed E-state index contributed by atoms with van der Waals surface area (Å²) in [7, 11) is 0. The van der Waals surface area contributed by atoms with Gasteiger partial charge in [0.05, 0.1) is 5.54 Å². The van der Waals surface area contributed by atoms with Crippen molar-refractivity contribution in [3.8, 4) is 0 Å². The molecule has 1 aromatic rings. The lowest BCUT2D eigenvalue weighted by Crippen LogP contribution is -2.55. The van der Waals surface area contributed by atoms with Gasteiger partial charge in [-0.25, -0.2) is 0 Å². The van der Waals surface area contributed by atoms with Gasteiger partial charge in [0.15, 0.2) is 0 Å². The maximum Gasteiger partial charge on any atom is 0.237 e. The molecular formula is C15H22N2OS. The molecule has 0 saturated heterocycles. The number of hydrogen-bond acceptors (Lipinski definition) is 3. The van der Waals surface area contributed by atoms with Crippen molar-refractivity contribution in [1.29, 1.82) is 0 Å². The van der Waals surface area contributed by atoms with Gasteiger partial charge < -0.3 is 11.5 Å². The number of hydrogen-bond donors (Lipinski definition) is 2. The Kier molecular flexibility index (Phi) is 4.53. The second-order valence-corrected chi connectivity index (χ2v) is 6.83. The van der Waals surface area contributed by atoms with E-state index in [4.69, 9.17) is 11.5 Å². The molecule has 104 valence electrons. The zero-order chi connectivity index (χ0) is 13.9. The van der Waals surface area contributed by atoms with Crippen molar-refractivity contribution in [2.24, 2.45) is 11.5 Å². The van der Waals surface area contributed by atoms with Gasteiger partial charge in [0.1, 0.15) is 0 Å². The molecule has 2 unspecified atom stereocenters. The minimum atomic E-state index is -0.789. The number of amides is 1. The molecule has 0 aliphatic heterocycles. The van der Waals surface area contributed by atoms with Crippen molar-refractivity contribution < 1.29 is 4.79 Å². The summed E-state index contributed by atoms with van der Waals surface area (Å²) in [6.07, 6.45) is 3.55. The summed E-state index contributed by atoms with van der Waals surface area (Å²) in [5.74, 6) is 0.620. The fourth-order valence-electron chi connectivity index (χ4n) is 2.64. The lowest BCUT2D eigenvalue weighted by Gasteiger charge is -2.35. The largest absolute Gasteiger partial charge is 0.368 e. The minimum absolute atomic E-state index is 0.353. The van der Waals surface area contributed by atoms with E-state index in [2.05, 4.69) is 31.2 Å². The Hall–Kier alpha value is -1.00. The van der Waals surface area contributed by atoms with Crippen LogP contribution in [0.3, 0.4) is 0 Å². The highest BCUT2D eigenvalue weighted by molar-refractivity contribution is 7.99. The summed E-state index contributed by atoms with van der Waals surface area (Å²) < 4.78 is 0. The number of carbonyl (C=O) groups is 1. The summed E-state index contributed by atoms with van der Waals surface area (Å²) in [5.41, 5.74) is 13.3. The van der Waals surface area contributed by atoms with Crippen molar-refractivity contribution in [2.75, 3.05) is 0 Å². The van der Waals surface area contributed by atoms with Crippen LogP contribution in [0.4, 0.5) is 0 Å². The normalized spacial score (nSPS) is 27.2. The van der Waals surface area contributed by atoms with Crippen LogP contribution in [0, 0.1) is 6.92 Å². The van der Waals surface area contributed by atoms with Gasteiger partial charge in [-0.1, -0.05) is 29.8 Å². The smallest absolute Gasteiger partial charge is 0.237 e. The van der Waals surface area contributed by atoms with E-state index in [1.165, 1.54) is 11.1 Å². The second-order valence-electron chi connectivity index (χ2n) is 5.54. The summed E-state index contributed by atoms with van der Waals surface area (Å²) in [4.78, 5) is 11.4. The van der Waals surface area contributed by atoms with E-state index in [9.17, 15) is 4.79 Å². The van der Waals surface area contributed by atoms with Crippen LogP contribution in [0.1, 0.15) is 36.8 Å². The van der Waals surface area contributed by atoms with Crippen molar-refractivity contribution in [1.82, 2.24) is 0 Å². The van der Waals surface area contributed by atoms with E-state index < -0.39 is 5.54 Å². The Morgan fingerprint density at radius 1 is 1.53 bits per heavy atom. The van der Waals surface area contributed by atoms with E-state index in [1.807, 2.05) is 11.8 Å². The van der Waals surface area contributed by atoms with Gasteiger partial charge >= 0.3 is 0 Å². The highest BCUT2D eigenvalue weighted by Gasteiger charge is 2.37. The Bertz CT molecular complexity index is 463. The molecule has 2 atom stereocenters. The number of aryl methyl sites for hydroxylation is 1. The van der Waals surface area contributed by atoms with Crippen LogP contribution in [-0.4, -0.2) is 16.7 Å². The van der Waals surface area contributed by atoms with E-state index in [0.29, 0.717) is 11.7 Å². The first-order chi connectivity index (χ1) is 8.99. The van der Waals surface area contributed by atoms with Crippen LogP contribution >= 0.6 is 11.8 Å². The minimum Gasteiger partial charge on any atom is -0.368 e. The SMILES string of the molecule is Cc1cccc(CSC2CCCC(N)(C(N)=O)C2)c1.